The molecule has 0 aromatic heterocycles. The molecule has 1 rings (SSSR count). The number of aromatic hydroxyl groups is 1. The van der Waals surface area contributed by atoms with Crippen molar-refractivity contribution < 1.29 is 15.0 Å². The van der Waals surface area contributed by atoms with Crippen LogP contribution >= 0.6 is 45.2 Å². The first kappa shape index (κ1) is 16.9. The Kier molecular flexibility index (Phi) is 7.28. The van der Waals surface area contributed by atoms with E-state index in [0.717, 1.165) is 12.7 Å². The summed E-state index contributed by atoms with van der Waals surface area (Å²) in [6, 6.07) is 3.24. The van der Waals surface area contributed by atoms with E-state index in [0.29, 0.717) is 6.42 Å². The molecule has 17 heavy (non-hydrogen) atoms. The number of halogens is 2. The van der Waals surface area contributed by atoms with Crippen molar-refractivity contribution in [3.05, 3.63) is 24.8 Å². The van der Waals surface area contributed by atoms with Gasteiger partial charge < -0.3 is 22.1 Å². The zero-order chi connectivity index (χ0) is 12.3. The van der Waals surface area contributed by atoms with Gasteiger partial charge in [0.15, 0.2) is 0 Å². The van der Waals surface area contributed by atoms with Gasteiger partial charge in [0, 0.05) is 6.04 Å². The molecule has 0 aliphatic heterocycles. The van der Waals surface area contributed by atoms with Gasteiger partial charge in [-0.3, -0.25) is 4.79 Å². The van der Waals surface area contributed by atoms with Crippen LogP contribution in [-0.4, -0.2) is 22.2 Å². The molecule has 1 aromatic rings. The van der Waals surface area contributed by atoms with Crippen molar-refractivity contribution in [3.63, 3.8) is 0 Å². The third-order valence-corrected chi connectivity index (χ3v) is 3.66. The molecule has 0 spiro atoms. The molecule has 0 radical (unpaired) electrons. The minimum atomic E-state index is -0.893. The quantitative estimate of drug-likeness (QED) is 0.511. The second kappa shape index (κ2) is 7.34. The van der Waals surface area contributed by atoms with Crippen LogP contribution in [0.4, 0.5) is 0 Å². The summed E-state index contributed by atoms with van der Waals surface area (Å²) in [6.07, 6.45) is 0.451. The van der Waals surface area contributed by atoms with E-state index in [1.165, 1.54) is 0 Å². The van der Waals surface area contributed by atoms with Gasteiger partial charge in [-0.15, -0.1) is 0 Å². The topological polar surface area (TPSA) is 120 Å². The summed E-state index contributed by atoms with van der Waals surface area (Å²) in [7, 11) is 0. The van der Waals surface area contributed by atoms with Crippen LogP contribution in [0.1, 0.15) is 12.0 Å². The molecule has 0 heterocycles. The normalized spacial score (nSPS) is 11.7. The van der Waals surface area contributed by atoms with Crippen molar-refractivity contribution in [2.45, 2.75) is 18.9 Å². The van der Waals surface area contributed by atoms with Crippen LogP contribution in [0, 0.1) is 7.14 Å². The number of nitrogens with two attached hydrogens (primary N) is 1. The zero-order valence-electron chi connectivity index (χ0n) is 9.28. The lowest BCUT2D eigenvalue weighted by atomic mass is 10.0. The van der Waals surface area contributed by atoms with Crippen LogP contribution in [0.15, 0.2) is 12.1 Å². The molecule has 8 N–H and O–H groups in total. The minimum Gasteiger partial charge on any atom is -0.506 e. The number of hydrogen-bond acceptors (Lipinski definition) is 3. The minimum absolute atomic E-state index is 0. The Hall–Kier alpha value is -0.130. The monoisotopic (exact) mass is 465 g/mol. The average Bonchev–Trinajstić information content (AvgIpc) is 2.12. The first-order chi connectivity index (χ1) is 7.40. The molecular formula is C10H15I2N2O3+. The Bertz CT molecular complexity index is 390. The third-order valence-electron chi connectivity index (χ3n) is 2.01. The van der Waals surface area contributed by atoms with Gasteiger partial charge in [-0.2, -0.15) is 0 Å². The molecule has 0 fully saturated rings. The van der Waals surface area contributed by atoms with Crippen LogP contribution < -0.4 is 11.9 Å². The van der Waals surface area contributed by atoms with Crippen LogP contribution in [0.25, 0.3) is 0 Å². The SMILES string of the molecule is N[C@@H](CC(=O)O)Cc1cc(I)c(O)c(I)c1.[NH4+]. The highest BCUT2D eigenvalue weighted by molar-refractivity contribution is 14.1. The lowest BCUT2D eigenvalue weighted by Gasteiger charge is -2.10. The van der Waals surface area contributed by atoms with Gasteiger partial charge in [0.25, 0.3) is 0 Å². The fraction of sp³-hybridized carbons (Fsp3) is 0.300. The Morgan fingerprint density at radius 1 is 1.35 bits per heavy atom. The summed E-state index contributed by atoms with van der Waals surface area (Å²) in [5.41, 5.74) is 6.64. The van der Waals surface area contributed by atoms with Crippen molar-refractivity contribution in [2.24, 2.45) is 5.73 Å². The summed E-state index contributed by atoms with van der Waals surface area (Å²) >= 11 is 4.07. The predicted molar refractivity (Wildman–Crippen MR) is 83.5 cm³/mol. The number of phenols is 1. The molecule has 0 unspecified atom stereocenters. The molecule has 0 amide bonds. The first-order valence-corrected chi connectivity index (χ1v) is 6.70. The van der Waals surface area contributed by atoms with Crippen LogP contribution in [0.3, 0.4) is 0 Å². The van der Waals surface area contributed by atoms with E-state index in [-0.39, 0.29) is 18.3 Å². The molecular weight excluding hydrogens is 450 g/mol. The van der Waals surface area contributed by atoms with Gasteiger partial charge >= 0.3 is 5.97 Å². The van der Waals surface area contributed by atoms with Crippen molar-refractivity contribution >= 4 is 51.2 Å². The summed E-state index contributed by atoms with van der Waals surface area (Å²) in [5.74, 6) is -0.632. The second-order valence-electron chi connectivity index (χ2n) is 3.47. The van der Waals surface area contributed by atoms with Gasteiger partial charge in [-0.25, -0.2) is 0 Å². The molecule has 0 aliphatic carbocycles. The van der Waals surface area contributed by atoms with Crippen molar-refractivity contribution in [1.82, 2.24) is 6.15 Å². The largest absolute Gasteiger partial charge is 0.506 e. The first-order valence-electron chi connectivity index (χ1n) is 4.54. The van der Waals surface area contributed by atoms with Crippen molar-refractivity contribution in [1.29, 1.82) is 0 Å². The summed E-state index contributed by atoms with van der Waals surface area (Å²) in [6.45, 7) is 0. The average molecular weight is 465 g/mol. The number of carboxylic acid groups (broad SMARTS) is 1. The Balaban J connectivity index is 0.00000256. The van der Waals surface area contributed by atoms with Gasteiger partial charge in [-0.05, 0) is 69.3 Å². The van der Waals surface area contributed by atoms with E-state index < -0.39 is 12.0 Å². The number of carbonyl (C=O) groups is 1. The molecule has 1 atom stereocenters. The van der Waals surface area contributed by atoms with Gasteiger partial charge in [0.1, 0.15) is 5.75 Å². The number of aliphatic carboxylic acids is 1. The second-order valence-corrected chi connectivity index (χ2v) is 5.79. The lowest BCUT2D eigenvalue weighted by molar-refractivity contribution is -0.137. The molecule has 5 nitrogen and oxygen atoms in total. The summed E-state index contributed by atoms with van der Waals surface area (Å²) in [4.78, 5) is 10.5. The number of quaternary nitrogens is 1. The predicted octanol–water partition coefficient (Wildman–Crippen LogP) is 2.32. The molecule has 7 heteroatoms. The van der Waals surface area contributed by atoms with E-state index >= 15 is 0 Å². The molecule has 96 valence electrons. The maximum atomic E-state index is 10.5. The smallest absolute Gasteiger partial charge is 0.304 e. The van der Waals surface area contributed by atoms with E-state index in [1.54, 1.807) is 0 Å². The molecule has 0 saturated heterocycles. The maximum Gasteiger partial charge on any atom is 0.304 e. The van der Waals surface area contributed by atoms with E-state index in [1.807, 2.05) is 57.3 Å². The van der Waals surface area contributed by atoms with E-state index in [9.17, 15) is 9.90 Å². The van der Waals surface area contributed by atoms with Crippen molar-refractivity contribution in [2.75, 3.05) is 0 Å². The highest BCUT2D eigenvalue weighted by atomic mass is 127. The van der Waals surface area contributed by atoms with Crippen LogP contribution in [-0.2, 0) is 11.2 Å². The van der Waals surface area contributed by atoms with Gasteiger partial charge in [-0.1, -0.05) is 0 Å². The molecule has 0 bridgehead atoms. The third kappa shape index (κ3) is 5.36. The molecule has 1 aromatic carbocycles. The molecule has 0 aliphatic rings. The van der Waals surface area contributed by atoms with Gasteiger partial charge in [0.05, 0.1) is 13.6 Å². The highest BCUT2D eigenvalue weighted by Gasteiger charge is 2.11. The summed E-state index contributed by atoms with van der Waals surface area (Å²) in [5, 5.41) is 18.2. The standard InChI is InChI=1S/C10H11I2NO3.H3N/c11-7-2-5(3-8(12)10(7)16)1-6(13)4-9(14)15;/h2-3,6,16H,1,4,13H2,(H,14,15);1H3/p+1/t6-;/m1./s1. The molecule has 0 saturated carbocycles. The maximum absolute atomic E-state index is 10.5. The fourth-order valence-electron chi connectivity index (χ4n) is 1.34. The number of carboxylic acids is 1. The lowest BCUT2D eigenvalue weighted by Crippen LogP contribution is -2.26. The number of hydrogen-bond donors (Lipinski definition) is 4. The summed E-state index contributed by atoms with van der Waals surface area (Å²) < 4.78 is 1.50. The van der Waals surface area contributed by atoms with Gasteiger partial charge in [0.2, 0.25) is 0 Å². The number of phenolic OH excluding ortho intramolecular Hbond substituents is 1. The van der Waals surface area contributed by atoms with E-state index in [4.69, 9.17) is 10.8 Å². The fourth-order valence-corrected chi connectivity index (χ4v) is 3.23. The Morgan fingerprint density at radius 2 is 1.82 bits per heavy atom. The van der Waals surface area contributed by atoms with Crippen LogP contribution in [0.2, 0.25) is 0 Å². The zero-order valence-corrected chi connectivity index (χ0v) is 13.6. The Labute approximate surface area is 127 Å². The van der Waals surface area contributed by atoms with Crippen molar-refractivity contribution in [3.8, 4) is 5.75 Å². The van der Waals surface area contributed by atoms with E-state index in [2.05, 4.69) is 0 Å². The number of benzene rings is 1. The Morgan fingerprint density at radius 3 is 2.24 bits per heavy atom. The van der Waals surface area contributed by atoms with Crippen LogP contribution in [0.5, 0.6) is 5.75 Å². The number of rotatable bonds is 4. The highest BCUT2D eigenvalue weighted by Crippen LogP contribution is 2.27.